The number of fused-ring (bicyclic) bond motifs is 2. The average Bonchev–Trinajstić information content (AvgIpc) is 2.99. The van der Waals surface area contributed by atoms with Crippen LogP contribution in [-0.4, -0.2) is 36.0 Å². The smallest absolute Gasteiger partial charge is 0.225 e. The van der Waals surface area contributed by atoms with Crippen molar-refractivity contribution in [3.8, 4) is 0 Å². The summed E-state index contributed by atoms with van der Waals surface area (Å²) >= 11 is 0. The summed E-state index contributed by atoms with van der Waals surface area (Å²) in [5, 5.41) is 3.68. The van der Waals surface area contributed by atoms with Crippen LogP contribution in [0.2, 0.25) is 0 Å². The van der Waals surface area contributed by atoms with E-state index in [2.05, 4.69) is 47.6 Å². The third-order valence-electron chi connectivity index (χ3n) is 6.69. The fourth-order valence-corrected chi connectivity index (χ4v) is 5.21. The molecule has 1 aromatic carbocycles. The number of rotatable bonds is 3. The molecular formula is C21H30N2O. The largest absolute Gasteiger partial charge is 0.342 e. The Morgan fingerprint density at radius 1 is 0.958 bits per heavy atom. The molecule has 130 valence electrons. The average molecular weight is 326 g/mol. The van der Waals surface area contributed by atoms with Crippen molar-refractivity contribution in [2.45, 2.75) is 75.4 Å². The summed E-state index contributed by atoms with van der Waals surface area (Å²) < 4.78 is 0. The Bertz CT molecular complexity index is 552. The van der Waals surface area contributed by atoms with E-state index >= 15 is 0 Å². The van der Waals surface area contributed by atoms with Crippen LogP contribution >= 0.6 is 0 Å². The second-order valence-corrected chi connectivity index (χ2v) is 8.17. The van der Waals surface area contributed by atoms with Crippen LogP contribution in [0.5, 0.6) is 0 Å². The summed E-state index contributed by atoms with van der Waals surface area (Å²) in [5.74, 6) is 1.31. The van der Waals surface area contributed by atoms with Gasteiger partial charge in [-0.1, -0.05) is 30.3 Å². The summed E-state index contributed by atoms with van der Waals surface area (Å²) in [7, 11) is 2.06. The zero-order valence-electron chi connectivity index (χ0n) is 14.8. The highest BCUT2D eigenvalue weighted by Crippen LogP contribution is 2.37. The van der Waals surface area contributed by atoms with Crippen molar-refractivity contribution in [3.63, 3.8) is 0 Å². The van der Waals surface area contributed by atoms with Crippen LogP contribution in [0.1, 0.15) is 62.8 Å². The molecule has 3 aliphatic rings. The molecule has 3 nitrogen and oxygen atoms in total. The van der Waals surface area contributed by atoms with E-state index in [0.717, 1.165) is 38.5 Å². The minimum atomic E-state index is 0.252. The number of amides is 1. The molecule has 0 radical (unpaired) electrons. The third kappa shape index (κ3) is 3.23. The maximum absolute atomic E-state index is 13.0. The Morgan fingerprint density at radius 2 is 1.58 bits per heavy atom. The van der Waals surface area contributed by atoms with Crippen LogP contribution in [0.25, 0.3) is 0 Å². The van der Waals surface area contributed by atoms with E-state index in [0.29, 0.717) is 30.0 Å². The molecule has 3 fully saturated rings. The first-order chi connectivity index (χ1) is 11.7. The van der Waals surface area contributed by atoms with Crippen LogP contribution in [0.15, 0.2) is 30.3 Å². The van der Waals surface area contributed by atoms with E-state index < -0.39 is 0 Å². The molecule has 2 unspecified atom stereocenters. The van der Waals surface area contributed by atoms with Crippen molar-refractivity contribution in [2.24, 2.45) is 5.92 Å². The third-order valence-corrected chi connectivity index (χ3v) is 6.69. The Balaban J connectivity index is 1.32. The van der Waals surface area contributed by atoms with E-state index in [1.165, 1.54) is 18.4 Å². The van der Waals surface area contributed by atoms with E-state index in [-0.39, 0.29) is 5.92 Å². The summed E-state index contributed by atoms with van der Waals surface area (Å²) in [5.41, 5.74) is 1.45. The van der Waals surface area contributed by atoms with E-state index in [9.17, 15) is 4.79 Å². The Morgan fingerprint density at radius 3 is 2.21 bits per heavy atom. The number of carbonyl (C=O) groups excluding carboxylic acids is 1. The first-order valence-electron chi connectivity index (χ1n) is 9.78. The summed E-state index contributed by atoms with van der Waals surface area (Å²) in [6, 6.07) is 12.6. The molecule has 1 N–H and O–H groups in total. The van der Waals surface area contributed by atoms with Crippen molar-refractivity contribution in [1.29, 1.82) is 0 Å². The molecular weight excluding hydrogens is 296 g/mol. The molecule has 0 spiro atoms. The molecule has 1 amide bonds. The quantitative estimate of drug-likeness (QED) is 0.918. The molecule has 1 saturated carbocycles. The lowest BCUT2D eigenvalue weighted by Crippen LogP contribution is -2.50. The fourth-order valence-electron chi connectivity index (χ4n) is 5.21. The molecule has 2 heterocycles. The second-order valence-electron chi connectivity index (χ2n) is 8.17. The Kier molecular flexibility index (Phi) is 4.62. The van der Waals surface area contributed by atoms with Gasteiger partial charge in [-0.2, -0.15) is 0 Å². The second kappa shape index (κ2) is 6.87. The van der Waals surface area contributed by atoms with Gasteiger partial charge in [0.25, 0.3) is 0 Å². The number of nitrogens with zero attached hydrogens (tertiary/aromatic N) is 1. The first kappa shape index (κ1) is 16.1. The van der Waals surface area contributed by atoms with Crippen molar-refractivity contribution in [1.82, 2.24) is 10.2 Å². The first-order valence-corrected chi connectivity index (χ1v) is 9.78. The standard InChI is InChI=1S/C21H30N2O/c1-23(20-13-18-11-12-19(14-20)22-18)21(24)17-9-7-16(8-10-17)15-5-3-2-4-6-15/h2-6,16-20,22H,7-14H2,1H3. The number of hydrogen-bond donors (Lipinski definition) is 1. The molecule has 1 aromatic rings. The van der Waals surface area contributed by atoms with Crippen LogP contribution < -0.4 is 5.32 Å². The lowest BCUT2D eigenvalue weighted by molar-refractivity contribution is -0.138. The van der Waals surface area contributed by atoms with Crippen molar-refractivity contribution >= 4 is 5.91 Å². The van der Waals surface area contributed by atoms with E-state index in [1.54, 1.807) is 0 Å². The predicted octanol–water partition coefficient (Wildman–Crippen LogP) is 3.70. The topological polar surface area (TPSA) is 32.3 Å². The Labute approximate surface area is 145 Å². The van der Waals surface area contributed by atoms with Crippen LogP contribution in [-0.2, 0) is 4.79 Å². The molecule has 0 aromatic heterocycles. The van der Waals surface area contributed by atoms with E-state index in [4.69, 9.17) is 0 Å². The van der Waals surface area contributed by atoms with E-state index in [1.807, 2.05) is 0 Å². The van der Waals surface area contributed by atoms with Crippen LogP contribution in [0, 0.1) is 5.92 Å². The maximum atomic E-state index is 13.0. The van der Waals surface area contributed by atoms with Crippen LogP contribution in [0.3, 0.4) is 0 Å². The minimum absolute atomic E-state index is 0.252. The lowest BCUT2D eigenvalue weighted by Gasteiger charge is -2.38. The van der Waals surface area contributed by atoms with Gasteiger partial charge in [-0.15, -0.1) is 0 Å². The SMILES string of the molecule is CN(C(=O)C1CCC(c2ccccc2)CC1)C1CC2CCC(C1)N2. The van der Waals surface area contributed by atoms with Gasteiger partial charge in [-0.05, 0) is 62.8 Å². The van der Waals surface area contributed by atoms with Gasteiger partial charge in [0.1, 0.15) is 0 Å². The zero-order chi connectivity index (χ0) is 16.5. The molecule has 2 atom stereocenters. The normalized spacial score (nSPS) is 35.6. The molecule has 2 saturated heterocycles. The number of hydrogen-bond acceptors (Lipinski definition) is 2. The highest BCUT2D eigenvalue weighted by molar-refractivity contribution is 5.79. The minimum Gasteiger partial charge on any atom is -0.342 e. The summed E-state index contributed by atoms with van der Waals surface area (Å²) in [4.78, 5) is 15.1. The number of benzene rings is 1. The number of carbonyl (C=O) groups is 1. The van der Waals surface area contributed by atoms with Gasteiger partial charge < -0.3 is 10.2 Å². The van der Waals surface area contributed by atoms with Crippen molar-refractivity contribution in [2.75, 3.05) is 7.05 Å². The fraction of sp³-hybridized carbons (Fsp3) is 0.667. The molecule has 1 aliphatic carbocycles. The maximum Gasteiger partial charge on any atom is 0.225 e. The summed E-state index contributed by atoms with van der Waals surface area (Å²) in [6.45, 7) is 0. The molecule has 4 rings (SSSR count). The highest BCUT2D eigenvalue weighted by atomic mass is 16.2. The van der Waals surface area contributed by atoms with Crippen LogP contribution in [0.4, 0.5) is 0 Å². The van der Waals surface area contributed by atoms with Gasteiger partial charge in [0.2, 0.25) is 5.91 Å². The van der Waals surface area contributed by atoms with Gasteiger partial charge >= 0.3 is 0 Å². The summed E-state index contributed by atoms with van der Waals surface area (Å²) in [6.07, 6.45) is 9.32. The lowest BCUT2D eigenvalue weighted by atomic mass is 9.78. The molecule has 2 aliphatic heterocycles. The monoisotopic (exact) mass is 326 g/mol. The van der Waals surface area contributed by atoms with Gasteiger partial charge in [-0.25, -0.2) is 0 Å². The van der Waals surface area contributed by atoms with Gasteiger partial charge in [0.05, 0.1) is 0 Å². The Hall–Kier alpha value is -1.35. The predicted molar refractivity (Wildman–Crippen MR) is 96.9 cm³/mol. The van der Waals surface area contributed by atoms with Gasteiger partial charge in [-0.3, -0.25) is 4.79 Å². The van der Waals surface area contributed by atoms with Gasteiger partial charge in [0, 0.05) is 31.1 Å². The molecule has 24 heavy (non-hydrogen) atoms. The van der Waals surface area contributed by atoms with Gasteiger partial charge in [0.15, 0.2) is 0 Å². The van der Waals surface area contributed by atoms with Crippen molar-refractivity contribution < 1.29 is 4.79 Å². The number of piperidine rings is 1. The van der Waals surface area contributed by atoms with Crippen molar-refractivity contribution in [3.05, 3.63) is 35.9 Å². The zero-order valence-corrected chi connectivity index (χ0v) is 14.8. The number of nitrogens with one attached hydrogen (secondary N) is 1. The highest BCUT2D eigenvalue weighted by Gasteiger charge is 2.38. The molecule has 2 bridgehead atoms. The molecule has 3 heteroatoms.